The lowest BCUT2D eigenvalue weighted by Crippen LogP contribution is -2.49. The third kappa shape index (κ3) is 3.85. The first-order chi connectivity index (χ1) is 13.7. The Morgan fingerprint density at radius 1 is 1.04 bits per heavy atom. The monoisotopic (exact) mass is 380 g/mol. The molecule has 28 heavy (non-hydrogen) atoms. The minimum absolute atomic E-state index is 0.0951. The Kier molecular flexibility index (Phi) is 5.27. The molecule has 0 saturated carbocycles. The summed E-state index contributed by atoms with van der Waals surface area (Å²) < 4.78 is 13.8. The average molecular weight is 380 g/mol. The van der Waals surface area contributed by atoms with Gasteiger partial charge in [-0.3, -0.25) is 4.79 Å². The maximum absolute atomic E-state index is 13.8. The fourth-order valence-corrected chi connectivity index (χ4v) is 3.36. The summed E-state index contributed by atoms with van der Waals surface area (Å²) in [5.41, 5.74) is 0.275. The molecule has 144 valence electrons. The van der Waals surface area contributed by atoms with Gasteiger partial charge in [0.1, 0.15) is 29.3 Å². The Morgan fingerprint density at radius 3 is 2.68 bits per heavy atom. The first-order valence-electron chi connectivity index (χ1n) is 9.29. The zero-order valence-electron chi connectivity index (χ0n) is 15.4. The van der Waals surface area contributed by atoms with Gasteiger partial charge in [-0.05, 0) is 24.3 Å². The number of carbonyl (C=O) groups is 1. The standard InChI is InChI=1S/C20H21FN6O/c21-16-5-3-4-15-19(16)24-14-25-20(15)23-9-7-18(28)27-12-10-26(11-13-27)17-6-1-2-8-22-17/h1-6,8,14H,7,9-13H2,(H,23,24,25). The van der Waals surface area contributed by atoms with Crippen molar-refractivity contribution in [3.05, 3.63) is 54.7 Å². The molecule has 0 spiro atoms. The molecule has 4 rings (SSSR count). The van der Waals surface area contributed by atoms with Gasteiger partial charge in [0.25, 0.3) is 0 Å². The highest BCUT2D eigenvalue weighted by Gasteiger charge is 2.21. The molecule has 1 aromatic carbocycles. The molecule has 0 unspecified atom stereocenters. The molecule has 1 fully saturated rings. The summed E-state index contributed by atoms with van der Waals surface area (Å²) >= 11 is 0. The Morgan fingerprint density at radius 2 is 1.89 bits per heavy atom. The summed E-state index contributed by atoms with van der Waals surface area (Å²) in [6.07, 6.45) is 3.46. The van der Waals surface area contributed by atoms with Crippen LogP contribution in [0.15, 0.2) is 48.9 Å². The number of piperazine rings is 1. The van der Waals surface area contributed by atoms with Crippen LogP contribution in [0.1, 0.15) is 6.42 Å². The van der Waals surface area contributed by atoms with E-state index in [1.165, 1.54) is 12.4 Å². The third-order valence-corrected chi connectivity index (χ3v) is 4.85. The molecule has 8 heteroatoms. The number of para-hydroxylation sites is 1. The Balaban J connectivity index is 1.29. The van der Waals surface area contributed by atoms with Gasteiger partial charge >= 0.3 is 0 Å². The third-order valence-electron chi connectivity index (χ3n) is 4.85. The van der Waals surface area contributed by atoms with E-state index >= 15 is 0 Å². The van der Waals surface area contributed by atoms with Crippen LogP contribution < -0.4 is 10.2 Å². The van der Waals surface area contributed by atoms with E-state index in [0.29, 0.717) is 37.3 Å². The van der Waals surface area contributed by atoms with E-state index in [9.17, 15) is 9.18 Å². The number of amides is 1. The molecule has 1 amide bonds. The van der Waals surface area contributed by atoms with Gasteiger partial charge in [0, 0.05) is 50.7 Å². The predicted octanol–water partition coefficient (Wildman–Crippen LogP) is 2.31. The first-order valence-corrected chi connectivity index (χ1v) is 9.29. The molecule has 0 radical (unpaired) electrons. The van der Waals surface area contributed by atoms with Crippen LogP contribution in [-0.4, -0.2) is 58.5 Å². The van der Waals surface area contributed by atoms with Crippen molar-refractivity contribution in [3.8, 4) is 0 Å². The number of pyridine rings is 1. The SMILES string of the molecule is O=C(CCNc1ncnc2c(F)cccc12)N1CCN(c2ccccn2)CC1. The van der Waals surface area contributed by atoms with Crippen molar-refractivity contribution < 1.29 is 9.18 Å². The quantitative estimate of drug-likeness (QED) is 0.732. The van der Waals surface area contributed by atoms with Gasteiger partial charge in [-0.25, -0.2) is 19.3 Å². The van der Waals surface area contributed by atoms with Crippen molar-refractivity contribution in [2.45, 2.75) is 6.42 Å². The number of hydrogen-bond donors (Lipinski definition) is 1. The van der Waals surface area contributed by atoms with E-state index in [1.807, 2.05) is 23.1 Å². The number of nitrogens with zero attached hydrogens (tertiary/aromatic N) is 5. The van der Waals surface area contributed by atoms with Gasteiger partial charge in [0.05, 0.1) is 0 Å². The van der Waals surface area contributed by atoms with Crippen molar-refractivity contribution in [1.82, 2.24) is 19.9 Å². The second-order valence-corrected chi connectivity index (χ2v) is 6.59. The van der Waals surface area contributed by atoms with E-state index in [-0.39, 0.29) is 17.2 Å². The highest BCUT2D eigenvalue weighted by atomic mass is 19.1. The van der Waals surface area contributed by atoms with Crippen LogP contribution >= 0.6 is 0 Å². The lowest BCUT2D eigenvalue weighted by atomic mass is 10.2. The normalized spacial score (nSPS) is 14.3. The minimum atomic E-state index is -0.384. The number of nitrogens with one attached hydrogen (secondary N) is 1. The smallest absolute Gasteiger partial charge is 0.224 e. The summed E-state index contributed by atoms with van der Waals surface area (Å²) in [6.45, 7) is 3.33. The van der Waals surface area contributed by atoms with Crippen molar-refractivity contribution in [3.63, 3.8) is 0 Å². The molecular formula is C20H21FN6O. The maximum Gasteiger partial charge on any atom is 0.224 e. The van der Waals surface area contributed by atoms with Gasteiger partial charge in [-0.15, -0.1) is 0 Å². The van der Waals surface area contributed by atoms with Crippen LogP contribution in [0.25, 0.3) is 10.9 Å². The summed E-state index contributed by atoms with van der Waals surface area (Å²) in [4.78, 5) is 29.1. The minimum Gasteiger partial charge on any atom is -0.369 e. The van der Waals surface area contributed by atoms with Crippen LogP contribution in [0.5, 0.6) is 0 Å². The second kappa shape index (κ2) is 8.16. The van der Waals surface area contributed by atoms with Crippen LogP contribution in [-0.2, 0) is 4.79 Å². The van der Waals surface area contributed by atoms with Gasteiger partial charge in [-0.2, -0.15) is 0 Å². The molecular weight excluding hydrogens is 359 g/mol. The summed E-state index contributed by atoms with van der Waals surface area (Å²) in [6, 6.07) is 10.6. The molecule has 7 nitrogen and oxygen atoms in total. The lowest BCUT2D eigenvalue weighted by molar-refractivity contribution is -0.131. The lowest BCUT2D eigenvalue weighted by Gasteiger charge is -2.35. The Hall–Kier alpha value is -3.29. The number of aromatic nitrogens is 3. The van der Waals surface area contributed by atoms with E-state index in [0.717, 1.165) is 18.9 Å². The van der Waals surface area contributed by atoms with Gasteiger partial charge in [0.2, 0.25) is 5.91 Å². The molecule has 1 aliphatic heterocycles. The topological polar surface area (TPSA) is 74.2 Å². The number of anilines is 2. The largest absolute Gasteiger partial charge is 0.369 e. The fourth-order valence-electron chi connectivity index (χ4n) is 3.36. The van der Waals surface area contributed by atoms with E-state index < -0.39 is 0 Å². The van der Waals surface area contributed by atoms with Crippen LogP contribution in [0.4, 0.5) is 16.0 Å². The van der Waals surface area contributed by atoms with Crippen LogP contribution in [0.3, 0.4) is 0 Å². The average Bonchev–Trinajstić information content (AvgIpc) is 2.75. The zero-order chi connectivity index (χ0) is 19.3. The van der Waals surface area contributed by atoms with Crippen LogP contribution in [0.2, 0.25) is 0 Å². The Bertz CT molecular complexity index is 959. The summed E-state index contributed by atoms with van der Waals surface area (Å²) in [5, 5.41) is 3.74. The Labute approximate surface area is 162 Å². The molecule has 0 atom stereocenters. The van der Waals surface area contributed by atoms with Crippen LogP contribution in [0, 0.1) is 5.82 Å². The van der Waals surface area contributed by atoms with Gasteiger partial charge < -0.3 is 15.1 Å². The van der Waals surface area contributed by atoms with E-state index in [4.69, 9.17) is 0 Å². The number of halogens is 1. The highest BCUT2D eigenvalue weighted by Crippen LogP contribution is 2.21. The molecule has 1 saturated heterocycles. The highest BCUT2D eigenvalue weighted by molar-refractivity contribution is 5.89. The van der Waals surface area contributed by atoms with Gasteiger partial charge in [-0.1, -0.05) is 12.1 Å². The molecule has 0 aliphatic carbocycles. The zero-order valence-corrected chi connectivity index (χ0v) is 15.4. The number of rotatable bonds is 5. The summed E-state index contributed by atoms with van der Waals surface area (Å²) in [7, 11) is 0. The maximum atomic E-state index is 13.8. The van der Waals surface area contributed by atoms with Crippen molar-refractivity contribution in [2.75, 3.05) is 42.9 Å². The van der Waals surface area contributed by atoms with Gasteiger partial charge in [0.15, 0.2) is 0 Å². The number of benzene rings is 1. The van der Waals surface area contributed by atoms with E-state index in [1.54, 1.807) is 18.3 Å². The molecule has 0 bridgehead atoms. The van der Waals surface area contributed by atoms with E-state index in [2.05, 4.69) is 25.2 Å². The molecule has 2 aromatic heterocycles. The first kappa shape index (κ1) is 18.1. The molecule has 1 N–H and O–H groups in total. The van der Waals surface area contributed by atoms with Crippen molar-refractivity contribution in [2.24, 2.45) is 0 Å². The molecule has 3 heterocycles. The van der Waals surface area contributed by atoms with Crippen molar-refractivity contribution >= 4 is 28.4 Å². The number of fused-ring (bicyclic) bond motifs is 1. The fraction of sp³-hybridized carbons (Fsp3) is 0.300. The van der Waals surface area contributed by atoms with Crippen molar-refractivity contribution in [1.29, 1.82) is 0 Å². The predicted molar refractivity (Wildman–Crippen MR) is 106 cm³/mol. The number of hydrogen-bond acceptors (Lipinski definition) is 6. The second-order valence-electron chi connectivity index (χ2n) is 6.59. The molecule has 3 aromatic rings. The summed E-state index contributed by atoms with van der Waals surface area (Å²) in [5.74, 6) is 1.19. The number of carbonyl (C=O) groups excluding carboxylic acids is 1. The molecule has 1 aliphatic rings.